The van der Waals surface area contributed by atoms with Gasteiger partial charge < -0.3 is 16.2 Å². The summed E-state index contributed by atoms with van der Waals surface area (Å²) in [6.07, 6.45) is 0.485. The highest BCUT2D eigenvalue weighted by atomic mass is 32.2. The van der Waals surface area contributed by atoms with Gasteiger partial charge in [-0.1, -0.05) is 12.1 Å². The Hall–Kier alpha value is -0.850. The number of carbonyl (C=O) groups excluding carboxylic acids is 1. The number of nitrogens with two attached hydrogens (primary N) is 1. The molecule has 110 valence electrons. The van der Waals surface area contributed by atoms with E-state index in [1.165, 1.54) is 5.75 Å². The van der Waals surface area contributed by atoms with Crippen LogP contribution in [0, 0.1) is 0 Å². The predicted molar refractivity (Wildman–Crippen MR) is 86.4 cm³/mol. The third-order valence-corrected chi connectivity index (χ3v) is 5.96. The molecule has 2 rings (SSSR count). The average Bonchev–Trinajstić information content (AvgIpc) is 2.48. The molecule has 0 radical (unpaired) electrons. The number of aromatic hydroxyl groups is 1. The Morgan fingerprint density at radius 1 is 1.40 bits per heavy atom. The van der Waals surface area contributed by atoms with E-state index in [0.29, 0.717) is 18.2 Å². The molecule has 0 saturated carbocycles. The Morgan fingerprint density at radius 3 is 2.80 bits per heavy atom. The van der Waals surface area contributed by atoms with Crippen molar-refractivity contribution in [2.24, 2.45) is 5.73 Å². The zero-order chi connectivity index (χ0) is 14.4. The summed E-state index contributed by atoms with van der Waals surface area (Å²) in [7, 11) is 0. The molecular weight excluding hydrogens is 292 g/mol. The van der Waals surface area contributed by atoms with E-state index in [1.807, 2.05) is 23.5 Å². The van der Waals surface area contributed by atoms with Crippen LogP contribution in [0.1, 0.15) is 5.56 Å². The molecule has 20 heavy (non-hydrogen) atoms. The monoisotopic (exact) mass is 312 g/mol. The van der Waals surface area contributed by atoms with E-state index in [1.54, 1.807) is 24.3 Å². The summed E-state index contributed by atoms with van der Waals surface area (Å²) in [5.41, 5.74) is 6.87. The Kier molecular flexibility index (Phi) is 6.06. The maximum atomic E-state index is 12.0. The number of hydrogen-bond acceptors (Lipinski definition) is 5. The lowest BCUT2D eigenvalue weighted by atomic mass is 10.1. The van der Waals surface area contributed by atoms with Gasteiger partial charge in [0.2, 0.25) is 5.91 Å². The molecule has 1 fully saturated rings. The molecule has 0 aromatic heterocycles. The lowest BCUT2D eigenvalue weighted by molar-refractivity contribution is -0.122. The molecule has 2 atom stereocenters. The molecule has 1 heterocycles. The van der Waals surface area contributed by atoms with Crippen molar-refractivity contribution in [3.63, 3.8) is 0 Å². The van der Waals surface area contributed by atoms with Gasteiger partial charge in [0.25, 0.3) is 0 Å². The smallest absolute Gasteiger partial charge is 0.237 e. The minimum Gasteiger partial charge on any atom is -0.508 e. The van der Waals surface area contributed by atoms with Crippen LogP contribution >= 0.6 is 23.5 Å². The molecule has 1 aromatic rings. The number of rotatable bonds is 5. The van der Waals surface area contributed by atoms with Crippen molar-refractivity contribution < 1.29 is 9.90 Å². The van der Waals surface area contributed by atoms with Gasteiger partial charge in [-0.05, 0) is 24.1 Å². The van der Waals surface area contributed by atoms with Crippen LogP contribution in [0.4, 0.5) is 0 Å². The van der Waals surface area contributed by atoms with Gasteiger partial charge in [-0.2, -0.15) is 23.5 Å². The first kappa shape index (κ1) is 15.5. The molecule has 2 unspecified atom stereocenters. The first-order chi connectivity index (χ1) is 9.65. The lowest BCUT2D eigenvalue weighted by Gasteiger charge is -2.22. The third-order valence-electron chi connectivity index (χ3n) is 3.12. The molecule has 0 spiro atoms. The molecule has 1 aliphatic heterocycles. The molecule has 1 amide bonds. The van der Waals surface area contributed by atoms with Gasteiger partial charge in [0.05, 0.1) is 6.04 Å². The summed E-state index contributed by atoms with van der Waals surface area (Å²) in [4.78, 5) is 12.0. The highest BCUT2D eigenvalue weighted by Gasteiger charge is 2.18. The van der Waals surface area contributed by atoms with Gasteiger partial charge in [0.1, 0.15) is 5.75 Å². The molecule has 1 saturated heterocycles. The fourth-order valence-corrected chi connectivity index (χ4v) is 4.59. The van der Waals surface area contributed by atoms with E-state index >= 15 is 0 Å². The number of hydrogen-bond donors (Lipinski definition) is 3. The topological polar surface area (TPSA) is 75.3 Å². The van der Waals surface area contributed by atoms with Crippen molar-refractivity contribution in [3.05, 3.63) is 29.8 Å². The number of phenolic OH excluding ortho intramolecular Hbond substituents is 1. The van der Waals surface area contributed by atoms with Gasteiger partial charge in [-0.3, -0.25) is 4.79 Å². The summed E-state index contributed by atoms with van der Waals surface area (Å²) in [6, 6.07) is 6.25. The van der Waals surface area contributed by atoms with Crippen LogP contribution in [0.2, 0.25) is 0 Å². The maximum absolute atomic E-state index is 12.0. The zero-order valence-corrected chi connectivity index (χ0v) is 12.9. The van der Waals surface area contributed by atoms with Gasteiger partial charge in [-0.15, -0.1) is 0 Å². The first-order valence-corrected chi connectivity index (χ1v) is 8.86. The number of thioether (sulfide) groups is 2. The van der Waals surface area contributed by atoms with E-state index in [0.717, 1.165) is 17.1 Å². The van der Waals surface area contributed by atoms with Crippen molar-refractivity contribution in [1.82, 2.24) is 5.32 Å². The van der Waals surface area contributed by atoms with E-state index in [2.05, 4.69) is 5.32 Å². The molecule has 4 N–H and O–H groups in total. The average molecular weight is 312 g/mol. The molecule has 0 aliphatic carbocycles. The van der Waals surface area contributed by atoms with E-state index in [9.17, 15) is 9.90 Å². The second-order valence-corrected chi connectivity index (χ2v) is 7.35. The van der Waals surface area contributed by atoms with Crippen molar-refractivity contribution >= 4 is 29.4 Å². The van der Waals surface area contributed by atoms with Crippen LogP contribution in [-0.2, 0) is 11.2 Å². The first-order valence-electron chi connectivity index (χ1n) is 6.65. The van der Waals surface area contributed by atoms with Crippen molar-refractivity contribution in [2.45, 2.75) is 17.7 Å². The van der Waals surface area contributed by atoms with E-state index in [-0.39, 0.29) is 11.7 Å². The van der Waals surface area contributed by atoms with Crippen LogP contribution in [0.5, 0.6) is 5.75 Å². The SMILES string of the molecule is NC(Cc1ccc(O)cc1)C(=O)NCC1CSCCS1. The minimum atomic E-state index is -0.541. The fraction of sp³-hybridized carbons (Fsp3) is 0.500. The van der Waals surface area contributed by atoms with Crippen LogP contribution in [0.25, 0.3) is 0 Å². The number of amides is 1. The Balaban J connectivity index is 1.75. The Morgan fingerprint density at radius 2 is 2.15 bits per heavy atom. The maximum Gasteiger partial charge on any atom is 0.237 e. The molecule has 6 heteroatoms. The van der Waals surface area contributed by atoms with Gasteiger partial charge >= 0.3 is 0 Å². The Bertz CT molecular complexity index is 433. The zero-order valence-electron chi connectivity index (χ0n) is 11.2. The summed E-state index contributed by atoms with van der Waals surface area (Å²) >= 11 is 3.86. The molecule has 4 nitrogen and oxygen atoms in total. The molecule has 1 aliphatic rings. The summed E-state index contributed by atoms with van der Waals surface area (Å²) in [5, 5.41) is 12.6. The summed E-state index contributed by atoms with van der Waals surface area (Å²) in [6.45, 7) is 0.694. The van der Waals surface area contributed by atoms with E-state index in [4.69, 9.17) is 5.73 Å². The lowest BCUT2D eigenvalue weighted by Crippen LogP contribution is -2.44. The highest BCUT2D eigenvalue weighted by molar-refractivity contribution is 8.06. The number of nitrogens with one attached hydrogen (secondary N) is 1. The van der Waals surface area contributed by atoms with Gasteiger partial charge in [0, 0.05) is 29.1 Å². The summed E-state index contributed by atoms with van der Waals surface area (Å²) < 4.78 is 0. The van der Waals surface area contributed by atoms with Crippen LogP contribution < -0.4 is 11.1 Å². The highest BCUT2D eigenvalue weighted by Crippen LogP contribution is 2.23. The molecule has 1 aromatic carbocycles. The van der Waals surface area contributed by atoms with Crippen molar-refractivity contribution in [2.75, 3.05) is 23.8 Å². The van der Waals surface area contributed by atoms with Gasteiger partial charge in [-0.25, -0.2) is 0 Å². The van der Waals surface area contributed by atoms with Gasteiger partial charge in [0.15, 0.2) is 0 Å². The molecular formula is C14H20N2O2S2. The normalized spacial score (nSPS) is 20.4. The van der Waals surface area contributed by atoms with E-state index < -0.39 is 6.04 Å². The molecule has 0 bridgehead atoms. The predicted octanol–water partition coefficient (Wildman–Crippen LogP) is 1.23. The minimum absolute atomic E-state index is 0.103. The van der Waals surface area contributed by atoms with Crippen LogP contribution in [-0.4, -0.2) is 46.1 Å². The van der Waals surface area contributed by atoms with Crippen LogP contribution in [0.15, 0.2) is 24.3 Å². The second-order valence-electron chi connectivity index (χ2n) is 4.79. The third kappa shape index (κ3) is 4.92. The number of phenols is 1. The van der Waals surface area contributed by atoms with Crippen molar-refractivity contribution in [3.8, 4) is 5.75 Å². The second kappa shape index (κ2) is 7.81. The number of carbonyl (C=O) groups is 1. The fourth-order valence-electron chi connectivity index (χ4n) is 1.98. The van der Waals surface area contributed by atoms with Crippen LogP contribution in [0.3, 0.4) is 0 Å². The quantitative estimate of drug-likeness (QED) is 0.762. The Labute approximate surface area is 127 Å². The number of benzene rings is 1. The largest absolute Gasteiger partial charge is 0.508 e. The standard InChI is InChI=1S/C14H20N2O2S2/c15-13(7-10-1-3-11(17)4-2-10)14(18)16-8-12-9-19-5-6-20-12/h1-4,12-13,17H,5-9,15H2,(H,16,18). The summed E-state index contributed by atoms with van der Waals surface area (Å²) in [5.74, 6) is 3.58. The van der Waals surface area contributed by atoms with Crippen molar-refractivity contribution in [1.29, 1.82) is 0 Å².